The van der Waals surface area contributed by atoms with Gasteiger partial charge in [0.15, 0.2) is 0 Å². The lowest BCUT2D eigenvalue weighted by Gasteiger charge is -2.23. The van der Waals surface area contributed by atoms with Crippen molar-refractivity contribution in [3.05, 3.63) is 94.5 Å². The predicted molar refractivity (Wildman–Crippen MR) is 141 cm³/mol. The van der Waals surface area contributed by atoms with Crippen molar-refractivity contribution in [2.45, 2.75) is 33.7 Å². The number of nitrogens with one attached hydrogen (secondary N) is 1. The molecule has 0 aromatic heterocycles. The number of anilines is 1. The third kappa shape index (κ3) is 7.42. The van der Waals surface area contributed by atoms with Crippen LogP contribution >= 0.6 is 0 Å². The second-order valence-electron chi connectivity index (χ2n) is 8.35. The van der Waals surface area contributed by atoms with Crippen molar-refractivity contribution >= 4 is 27.8 Å². The summed E-state index contributed by atoms with van der Waals surface area (Å²) in [5.41, 5.74) is 7.25. The van der Waals surface area contributed by atoms with Gasteiger partial charge in [0.25, 0.3) is 5.91 Å². The first-order chi connectivity index (χ1) is 16.7. The zero-order chi connectivity index (χ0) is 25.4. The SMILES string of the molecule is CCCOc1ccc(/C=N\NC(=O)c2ccc(CN(c3ccc(C)c(C)c3)S(C)(=O)=O)cc2)cc1. The molecule has 0 saturated heterocycles. The minimum absolute atomic E-state index is 0.166. The summed E-state index contributed by atoms with van der Waals surface area (Å²) in [6.45, 7) is 6.82. The lowest BCUT2D eigenvalue weighted by molar-refractivity contribution is 0.0955. The van der Waals surface area contributed by atoms with E-state index in [4.69, 9.17) is 4.74 Å². The molecule has 0 aliphatic rings. The second kappa shape index (κ2) is 11.7. The first-order valence-electron chi connectivity index (χ1n) is 11.4. The Morgan fingerprint density at radius 3 is 2.29 bits per heavy atom. The van der Waals surface area contributed by atoms with E-state index in [0.717, 1.165) is 34.4 Å². The average molecular weight is 494 g/mol. The van der Waals surface area contributed by atoms with Gasteiger partial charge in [-0.25, -0.2) is 13.8 Å². The normalized spacial score (nSPS) is 11.4. The molecule has 0 saturated carbocycles. The number of hydrogen-bond acceptors (Lipinski definition) is 5. The number of aryl methyl sites for hydroxylation is 2. The number of hydrogen-bond donors (Lipinski definition) is 1. The standard InChI is InChI=1S/C27H31N3O4S/c1-5-16-34-26-14-9-22(10-15-26)18-28-29-27(31)24-11-7-23(8-12-24)19-30(35(4,32)33)25-13-6-20(2)21(3)17-25/h6-15,17-18H,5,16,19H2,1-4H3,(H,29,31)/b28-18-. The molecule has 0 radical (unpaired) electrons. The van der Waals surface area contributed by atoms with Crippen LogP contribution < -0.4 is 14.5 Å². The van der Waals surface area contributed by atoms with E-state index < -0.39 is 10.0 Å². The van der Waals surface area contributed by atoms with E-state index in [1.54, 1.807) is 36.5 Å². The van der Waals surface area contributed by atoms with Crippen molar-refractivity contribution in [1.82, 2.24) is 5.43 Å². The quantitative estimate of drug-likeness (QED) is 0.324. The Bertz CT molecular complexity index is 1290. The van der Waals surface area contributed by atoms with Crippen LogP contribution in [0.4, 0.5) is 5.69 Å². The first-order valence-corrected chi connectivity index (χ1v) is 13.2. The molecule has 3 aromatic rings. The predicted octanol–water partition coefficient (Wildman–Crippen LogP) is 4.82. The van der Waals surface area contributed by atoms with E-state index in [-0.39, 0.29) is 12.5 Å². The van der Waals surface area contributed by atoms with Gasteiger partial charge in [-0.1, -0.05) is 25.1 Å². The van der Waals surface area contributed by atoms with Crippen LogP contribution in [-0.4, -0.2) is 33.4 Å². The van der Waals surface area contributed by atoms with Crippen molar-refractivity contribution < 1.29 is 17.9 Å². The third-order valence-corrected chi connectivity index (χ3v) is 6.59. The monoisotopic (exact) mass is 493 g/mol. The highest BCUT2D eigenvalue weighted by molar-refractivity contribution is 7.92. The fourth-order valence-electron chi connectivity index (χ4n) is 3.31. The number of ether oxygens (including phenoxy) is 1. The molecule has 1 amide bonds. The van der Waals surface area contributed by atoms with Crippen LogP contribution in [0.5, 0.6) is 5.75 Å². The van der Waals surface area contributed by atoms with Crippen molar-refractivity contribution in [3.63, 3.8) is 0 Å². The number of carbonyl (C=O) groups is 1. The number of carbonyl (C=O) groups excluding carboxylic acids is 1. The van der Waals surface area contributed by atoms with Crippen molar-refractivity contribution in [2.75, 3.05) is 17.2 Å². The molecular formula is C27H31N3O4S. The lowest BCUT2D eigenvalue weighted by Crippen LogP contribution is -2.29. The summed E-state index contributed by atoms with van der Waals surface area (Å²) in [7, 11) is -3.49. The molecule has 0 fully saturated rings. The van der Waals surface area contributed by atoms with Gasteiger partial charge < -0.3 is 4.74 Å². The molecule has 3 aromatic carbocycles. The summed E-state index contributed by atoms with van der Waals surface area (Å²) < 4.78 is 31.8. The van der Waals surface area contributed by atoms with Gasteiger partial charge in [0, 0.05) is 5.56 Å². The van der Waals surface area contributed by atoms with Crippen molar-refractivity contribution in [3.8, 4) is 5.75 Å². The number of amides is 1. The summed E-state index contributed by atoms with van der Waals surface area (Å²) in [6.07, 6.45) is 3.69. The first kappa shape index (κ1) is 26.0. The number of benzene rings is 3. The van der Waals surface area contributed by atoms with Crippen LogP contribution in [0.1, 0.15) is 46.0 Å². The average Bonchev–Trinajstić information content (AvgIpc) is 2.83. The molecule has 0 spiro atoms. The van der Waals surface area contributed by atoms with Gasteiger partial charge in [0.2, 0.25) is 10.0 Å². The summed E-state index contributed by atoms with van der Waals surface area (Å²) >= 11 is 0. The minimum atomic E-state index is -3.49. The molecule has 35 heavy (non-hydrogen) atoms. The Hall–Kier alpha value is -3.65. The zero-order valence-electron chi connectivity index (χ0n) is 20.5. The largest absolute Gasteiger partial charge is 0.494 e. The fraction of sp³-hybridized carbons (Fsp3) is 0.259. The maximum Gasteiger partial charge on any atom is 0.271 e. The van der Waals surface area contributed by atoms with Crippen LogP contribution in [0.15, 0.2) is 71.8 Å². The Morgan fingerprint density at radius 1 is 1.00 bits per heavy atom. The van der Waals surface area contributed by atoms with Crippen LogP contribution in [0.25, 0.3) is 0 Å². The minimum Gasteiger partial charge on any atom is -0.494 e. The summed E-state index contributed by atoms with van der Waals surface area (Å²) in [6, 6.07) is 19.8. The van der Waals surface area contributed by atoms with Gasteiger partial charge >= 0.3 is 0 Å². The van der Waals surface area contributed by atoms with Gasteiger partial charge in [-0.3, -0.25) is 9.10 Å². The number of sulfonamides is 1. The molecular weight excluding hydrogens is 462 g/mol. The molecule has 184 valence electrons. The van der Waals surface area contributed by atoms with Crippen molar-refractivity contribution in [2.24, 2.45) is 5.10 Å². The molecule has 3 rings (SSSR count). The van der Waals surface area contributed by atoms with Gasteiger partial charge in [0.1, 0.15) is 5.75 Å². The third-order valence-electron chi connectivity index (χ3n) is 5.45. The zero-order valence-corrected chi connectivity index (χ0v) is 21.3. The molecule has 1 N–H and O–H groups in total. The Morgan fingerprint density at radius 2 is 1.69 bits per heavy atom. The number of rotatable bonds is 10. The Kier molecular flexibility index (Phi) is 8.65. The maximum atomic E-state index is 12.4. The number of hydrazone groups is 1. The van der Waals surface area contributed by atoms with Gasteiger partial charge in [-0.2, -0.15) is 5.10 Å². The molecule has 0 bridgehead atoms. The van der Waals surface area contributed by atoms with Crippen molar-refractivity contribution in [1.29, 1.82) is 0 Å². The van der Waals surface area contributed by atoms with Crippen LogP contribution in [0, 0.1) is 13.8 Å². The second-order valence-corrected chi connectivity index (χ2v) is 10.3. The lowest BCUT2D eigenvalue weighted by atomic mass is 10.1. The smallest absolute Gasteiger partial charge is 0.271 e. The van der Waals surface area contributed by atoms with Gasteiger partial charge in [0.05, 0.1) is 31.3 Å². The van der Waals surface area contributed by atoms with Crippen LogP contribution in [0.3, 0.4) is 0 Å². The topological polar surface area (TPSA) is 88.1 Å². The molecule has 0 aliphatic carbocycles. The van der Waals surface area contributed by atoms with E-state index in [0.29, 0.717) is 17.9 Å². The highest BCUT2D eigenvalue weighted by Gasteiger charge is 2.18. The maximum absolute atomic E-state index is 12.4. The Labute approximate surface area is 207 Å². The molecule has 8 heteroatoms. The summed E-state index contributed by atoms with van der Waals surface area (Å²) in [4.78, 5) is 12.4. The molecule has 0 atom stereocenters. The molecule has 0 aliphatic heterocycles. The molecule has 0 unspecified atom stereocenters. The fourth-order valence-corrected chi connectivity index (χ4v) is 4.19. The van der Waals surface area contributed by atoms with Gasteiger partial charge in [-0.05, 0) is 91.1 Å². The van der Waals surface area contributed by atoms with E-state index >= 15 is 0 Å². The highest BCUT2D eigenvalue weighted by Crippen LogP contribution is 2.23. The Balaban J connectivity index is 1.63. The molecule has 7 nitrogen and oxygen atoms in total. The van der Waals surface area contributed by atoms with Crippen LogP contribution in [0.2, 0.25) is 0 Å². The number of nitrogens with zero attached hydrogens (tertiary/aromatic N) is 2. The van der Waals surface area contributed by atoms with E-state index in [9.17, 15) is 13.2 Å². The molecule has 0 heterocycles. The van der Waals surface area contributed by atoms with Crippen LogP contribution in [-0.2, 0) is 16.6 Å². The van der Waals surface area contributed by atoms with E-state index in [1.807, 2.05) is 57.2 Å². The highest BCUT2D eigenvalue weighted by atomic mass is 32.2. The van der Waals surface area contributed by atoms with E-state index in [2.05, 4.69) is 10.5 Å². The van der Waals surface area contributed by atoms with E-state index in [1.165, 1.54) is 10.6 Å². The summed E-state index contributed by atoms with van der Waals surface area (Å²) in [5.74, 6) is 0.435. The van der Waals surface area contributed by atoms with Gasteiger partial charge in [-0.15, -0.1) is 0 Å². The summed E-state index contributed by atoms with van der Waals surface area (Å²) in [5, 5.41) is 4.01.